The number of hydrogen-bond donors (Lipinski definition) is 0. The Morgan fingerprint density at radius 3 is 2.19 bits per heavy atom. The highest BCUT2D eigenvalue weighted by molar-refractivity contribution is 5.73. The van der Waals surface area contributed by atoms with Crippen molar-refractivity contribution >= 4 is 6.21 Å². The van der Waals surface area contributed by atoms with E-state index in [0.717, 1.165) is 25.9 Å². The highest BCUT2D eigenvalue weighted by Crippen LogP contribution is 2.36. The second-order valence-corrected chi connectivity index (χ2v) is 7.10. The third-order valence-corrected chi connectivity index (χ3v) is 4.64. The molecule has 1 aromatic rings. The van der Waals surface area contributed by atoms with Gasteiger partial charge in [0.2, 0.25) is 0 Å². The summed E-state index contributed by atoms with van der Waals surface area (Å²) in [6.45, 7) is 11.2. The van der Waals surface area contributed by atoms with Crippen molar-refractivity contribution in [2.75, 3.05) is 20.2 Å². The van der Waals surface area contributed by atoms with Gasteiger partial charge in [0.15, 0.2) is 0 Å². The van der Waals surface area contributed by atoms with Gasteiger partial charge in [0.1, 0.15) is 7.11 Å². The van der Waals surface area contributed by atoms with Gasteiger partial charge in [-0.3, -0.25) is 4.90 Å². The van der Waals surface area contributed by atoms with Gasteiger partial charge in [-0.25, -0.2) is 0 Å². The van der Waals surface area contributed by atoms with Crippen LogP contribution < -0.4 is 0 Å². The number of piperidine rings is 1. The fraction of sp³-hybridized carbons (Fsp3) is 0.611. The van der Waals surface area contributed by atoms with Crippen molar-refractivity contribution in [1.29, 1.82) is 0 Å². The maximum absolute atomic E-state index is 4.96. The summed E-state index contributed by atoms with van der Waals surface area (Å²) in [4.78, 5) is 7.52. The van der Waals surface area contributed by atoms with E-state index in [2.05, 4.69) is 62.0 Å². The topological polar surface area (TPSA) is 24.8 Å². The van der Waals surface area contributed by atoms with Crippen LogP contribution in [-0.2, 0) is 10.3 Å². The number of oxime groups is 1. The first kappa shape index (κ1) is 16.0. The van der Waals surface area contributed by atoms with Crippen LogP contribution in [0, 0.1) is 6.92 Å². The molecule has 1 aliphatic heterocycles. The number of nitrogens with zero attached hydrogens (tertiary/aromatic N) is 2. The number of aryl methyl sites for hydroxylation is 1. The van der Waals surface area contributed by atoms with Crippen molar-refractivity contribution in [3.63, 3.8) is 0 Å². The molecule has 1 aromatic carbocycles. The largest absolute Gasteiger partial charge is 0.399 e. The van der Waals surface area contributed by atoms with Crippen molar-refractivity contribution in [3.05, 3.63) is 35.4 Å². The van der Waals surface area contributed by atoms with Gasteiger partial charge in [0.05, 0.1) is 6.21 Å². The Balaban J connectivity index is 2.25. The molecule has 0 amide bonds. The van der Waals surface area contributed by atoms with E-state index in [-0.39, 0.29) is 11.0 Å². The second-order valence-electron chi connectivity index (χ2n) is 7.10. The lowest BCUT2D eigenvalue weighted by Crippen LogP contribution is -2.50. The molecule has 1 aliphatic rings. The number of likely N-dealkylation sites (tertiary alicyclic amines) is 1. The van der Waals surface area contributed by atoms with E-state index in [4.69, 9.17) is 4.84 Å². The molecule has 116 valence electrons. The van der Waals surface area contributed by atoms with Crippen LogP contribution >= 0.6 is 0 Å². The zero-order valence-electron chi connectivity index (χ0n) is 14.0. The maximum Gasteiger partial charge on any atom is 0.106 e. The fourth-order valence-electron chi connectivity index (χ4n) is 3.11. The first-order valence-electron chi connectivity index (χ1n) is 7.77. The maximum atomic E-state index is 4.96. The molecule has 0 unspecified atom stereocenters. The van der Waals surface area contributed by atoms with Crippen molar-refractivity contribution < 1.29 is 4.84 Å². The highest BCUT2D eigenvalue weighted by Gasteiger charge is 2.37. The van der Waals surface area contributed by atoms with Gasteiger partial charge in [0.25, 0.3) is 0 Å². The predicted octanol–water partition coefficient (Wildman–Crippen LogP) is 3.76. The van der Waals surface area contributed by atoms with E-state index in [1.807, 2.05) is 6.21 Å². The van der Waals surface area contributed by atoms with Crippen LogP contribution in [0.3, 0.4) is 0 Å². The molecule has 1 saturated heterocycles. The Morgan fingerprint density at radius 1 is 1.14 bits per heavy atom. The standard InChI is InChI=1S/C18H28N2O/c1-15-6-8-16(9-7-15)18(14-19-21-5)10-12-20(13-11-18)17(2,3)4/h6-9,14H,10-13H2,1-5H3/b19-14+. The molecule has 1 heterocycles. The fourth-order valence-corrected chi connectivity index (χ4v) is 3.11. The summed E-state index contributed by atoms with van der Waals surface area (Å²) in [6.07, 6.45) is 4.18. The lowest BCUT2D eigenvalue weighted by molar-refractivity contribution is 0.0908. The Labute approximate surface area is 129 Å². The van der Waals surface area contributed by atoms with E-state index in [1.54, 1.807) is 7.11 Å². The van der Waals surface area contributed by atoms with Gasteiger partial charge in [0, 0.05) is 11.0 Å². The van der Waals surface area contributed by atoms with Crippen molar-refractivity contribution in [3.8, 4) is 0 Å². The van der Waals surface area contributed by atoms with Gasteiger partial charge in [-0.05, 0) is 59.2 Å². The number of benzene rings is 1. The SMILES string of the molecule is CO/N=C/C1(c2ccc(C)cc2)CCN(C(C)(C)C)CC1. The van der Waals surface area contributed by atoms with E-state index in [1.165, 1.54) is 11.1 Å². The predicted molar refractivity (Wildman–Crippen MR) is 88.9 cm³/mol. The van der Waals surface area contributed by atoms with Gasteiger partial charge < -0.3 is 4.84 Å². The first-order valence-corrected chi connectivity index (χ1v) is 7.77. The molecule has 0 aliphatic carbocycles. The van der Waals surface area contributed by atoms with E-state index < -0.39 is 0 Å². The third-order valence-electron chi connectivity index (χ3n) is 4.64. The molecule has 0 atom stereocenters. The summed E-state index contributed by atoms with van der Waals surface area (Å²) >= 11 is 0. The molecule has 0 spiro atoms. The lowest BCUT2D eigenvalue weighted by atomic mass is 9.73. The molecular formula is C18H28N2O. The van der Waals surface area contributed by atoms with Crippen LogP contribution in [0.5, 0.6) is 0 Å². The van der Waals surface area contributed by atoms with E-state index in [0.29, 0.717) is 0 Å². The Kier molecular flexibility index (Phi) is 4.72. The minimum Gasteiger partial charge on any atom is -0.399 e. The average Bonchev–Trinajstić information content (AvgIpc) is 2.45. The van der Waals surface area contributed by atoms with Crippen molar-refractivity contribution in [2.24, 2.45) is 5.16 Å². The quantitative estimate of drug-likeness (QED) is 0.625. The Morgan fingerprint density at radius 2 is 1.71 bits per heavy atom. The molecule has 21 heavy (non-hydrogen) atoms. The first-order chi connectivity index (χ1) is 9.87. The summed E-state index contributed by atoms with van der Waals surface area (Å²) in [5.41, 5.74) is 2.88. The van der Waals surface area contributed by atoms with Crippen LogP contribution in [0.4, 0.5) is 0 Å². The number of hydrogen-bond acceptors (Lipinski definition) is 3. The van der Waals surface area contributed by atoms with Crippen LogP contribution in [0.15, 0.2) is 29.4 Å². The number of rotatable bonds is 3. The molecule has 1 fully saturated rings. The summed E-state index contributed by atoms with van der Waals surface area (Å²) < 4.78 is 0. The summed E-state index contributed by atoms with van der Waals surface area (Å²) in [6, 6.07) is 8.86. The Hall–Kier alpha value is -1.35. The summed E-state index contributed by atoms with van der Waals surface area (Å²) in [5.74, 6) is 0. The van der Waals surface area contributed by atoms with Gasteiger partial charge >= 0.3 is 0 Å². The molecule has 0 bridgehead atoms. The molecular weight excluding hydrogens is 260 g/mol. The smallest absolute Gasteiger partial charge is 0.106 e. The normalized spacial score (nSPS) is 19.9. The van der Waals surface area contributed by atoms with Crippen molar-refractivity contribution in [1.82, 2.24) is 4.90 Å². The lowest BCUT2D eigenvalue weighted by Gasteiger charge is -2.45. The Bertz CT molecular complexity index is 477. The van der Waals surface area contributed by atoms with Crippen LogP contribution in [0.25, 0.3) is 0 Å². The second kappa shape index (κ2) is 6.18. The molecule has 3 heteroatoms. The van der Waals surface area contributed by atoms with Crippen LogP contribution in [-0.4, -0.2) is 36.9 Å². The van der Waals surface area contributed by atoms with Gasteiger partial charge in [-0.2, -0.15) is 0 Å². The third kappa shape index (κ3) is 3.65. The summed E-state index contributed by atoms with van der Waals surface area (Å²) in [7, 11) is 1.61. The summed E-state index contributed by atoms with van der Waals surface area (Å²) in [5, 5.41) is 4.11. The van der Waals surface area contributed by atoms with Crippen molar-refractivity contribution in [2.45, 2.75) is 51.5 Å². The minimum absolute atomic E-state index is 0.00542. The minimum atomic E-state index is 0.00542. The van der Waals surface area contributed by atoms with Gasteiger partial charge in [-0.1, -0.05) is 35.0 Å². The van der Waals surface area contributed by atoms with E-state index >= 15 is 0 Å². The zero-order chi connectivity index (χ0) is 15.5. The van der Waals surface area contributed by atoms with Crippen LogP contribution in [0.2, 0.25) is 0 Å². The highest BCUT2D eigenvalue weighted by atomic mass is 16.6. The average molecular weight is 288 g/mol. The van der Waals surface area contributed by atoms with Crippen LogP contribution in [0.1, 0.15) is 44.7 Å². The molecule has 3 nitrogen and oxygen atoms in total. The molecule has 0 aromatic heterocycles. The molecule has 2 rings (SSSR count). The molecule has 0 N–H and O–H groups in total. The van der Waals surface area contributed by atoms with E-state index in [9.17, 15) is 0 Å². The van der Waals surface area contributed by atoms with Gasteiger partial charge in [-0.15, -0.1) is 0 Å². The monoisotopic (exact) mass is 288 g/mol. The molecule has 0 saturated carbocycles. The molecule has 0 radical (unpaired) electrons. The zero-order valence-corrected chi connectivity index (χ0v) is 14.0.